The Morgan fingerprint density at radius 2 is 1.61 bits per heavy atom. The molecule has 2 aliphatic carbocycles. The van der Waals surface area contributed by atoms with Crippen molar-refractivity contribution in [3.8, 4) is 5.75 Å². The third kappa shape index (κ3) is 3.23. The molecule has 3 amide bonds. The quantitative estimate of drug-likeness (QED) is 0.580. The third-order valence-electron chi connectivity index (χ3n) is 6.76. The molecule has 2 fully saturated rings. The Morgan fingerprint density at radius 1 is 1.00 bits per heavy atom. The summed E-state index contributed by atoms with van der Waals surface area (Å²) in [6.45, 7) is 0. The van der Waals surface area contributed by atoms with Gasteiger partial charge in [0.15, 0.2) is 0 Å². The molecular formula is C25H24N2O4. The topological polar surface area (TPSA) is 75.7 Å². The molecule has 6 nitrogen and oxygen atoms in total. The number of para-hydroxylation sites is 2. The minimum Gasteiger partial charge on any atom is -0.495 e. The van der Waals surface area contributed by atoms with Gasteiger partial charge in [0.2, 0.25) is 17.7 Å². The Kier molecular flexibility index (Phi) is 4.85. The lowest BCUT2D eigenvalue weighted by Crippen LogP contribution is -2.49. The number of fused-ring (bicyclic) bond motifs is 5. The van der Waals surface area contributed by atoms with Crippen LogP contribution in [0.15, 0.2) is 66.7 Å². The van der Waals surface area contributed by atoms with Gasteiger partial charge in [-0.1, -0.05) is 54.6 Å². The second kappa shape index (κ2) is 7.69. The highest BCUT2D eigenvalue weighted by Gasteiger charge is 2.61. The van der Waals surface area contributed by atoms with Crippen LogP contribution in [0.1, 0.15) is 12.0 Å². The van der Waals surface area contributed by atoms with Crippen LogP contribution in [-0.4, -0.2) is 35.8 Å². The van der Waals surface area contributed by atoms with Crippen molar-refractivity contribution < 1.29 is 19.1 Å². The average molecular weight is 416 g/mol. The number of amides is 3. The summed E-state index contributed by atoms with van der Waals surface area (Å²) in [5.41, 5.74) is 1.40. The number of nitrogens with zero attached hydrogens (tertiary/aromatic N) is 1. The van der Waals surface area contributed by atoms with Crippen LogP contribution < -0.4 is 10.1 Å². The summed E-state index contributed by atoms with van der Waals surface area (Å²) in [5.74, 6) is -0.773. The van der Waals surface area contributed by atoms with Gasteiger partial charge in [-0.3, -0.25) is 19.3 Å². The summed E-state index contributed by atoms with van der Waals surface area (Å²) in [6.07, 6.45) is 5.24. The van der Waals surface area contributed by atoms with E-state index in [1.807, 2.05) is 36.4 Å². The summed E-state index contributed by atoms with van der Waals surface area (Å²) >= 11 is 0. The lowest BCUT2D eigenvalue weighted by Gasteiger charge is -2.27. The van der Waals surface area contributed by atoms with Gasteiger partial charge in [-0.25, -0.2) is 0 Å². The molecule has 1 aliphatic heterocycles. The lowest BCUT2D eigenvalue weighted by molar-refractivity contribution is -0.147. The van der Waals surface area contributed by atoms with Crippen molar-refractivity contribution in [2.45, 2.75) is 18.9 Å². The molecule has 1 saturated carbocycles. The van der Waals surface area contributed by atoms with Gasteiger partial charge in [-0.2, -0.15) is 0 Å². The van der Waals surface area contributed by atoms with E-state index in [1.54, 1.807) is 18.2 Å². The van der Waals surface area contributed by atoms with E-state index in [0.717, 1.165) is 12.0 Å². The van der Waals surface area contributed by atoms with E-state index < -0.39 is 11.9 Å². The van der Waals surface area contributed by atoms with Crippen LogP contribution in [-0.2, 0) is 20.8 Å². The molecule has 0 spiro atoms. The van der Waals surface area contributed by atoms with E-state index in [0.29, 0.717) is 11.4 Å². The van der Waals surface area contributed by atoms with Crippen LogP contribution in [0.25, 0.3) is 0 Å². The number of nitrogens with one attached hydrogen (secondary N) is 1. The Hall–Kier alpha value is -3.41. The number of rotatable bonds is 6. The van der Waals surface area contributed by atoms with Crippen molar-refractivity contribution in [1.82, 2.24) is 4.90 Å². The number of benzene rings is 2. The first kappa shape index (κ1) is 19.5. The van der Waals surface area contributed by atoms with E-state index in [1.165, 1.54) is 12.0 Å². The number of anilines is 1. The maximum atomic E-state index is 13.4. The number of hydrogen-bond donors (Lipinski definition) is 1. The smallest absolute Gasteiger partial charge is 0.248 e. The summed E-state index contributed by atoms with van der Waals surface area (Å²) in [4.78, 5) is 41.4. The summed E-state index contributed by atoms with van der Waals surface area (Å²) in [6, 6.07) is 15.7. The van der Waals surface area contributed by atoms with E-state index in [-0.39, 0.29) is 41.9 Å². The van der Waals surface area contributed by atoms with Crippen LogP contribution in [0.4, 0.5) is 5.69 Å². The minimum absolute atomic E-state index is 0.103. The van der Waals surface area contributed by atoms with Crippen molar-refractivity contribution in [3.05, 3.63) is 72.3 Å². The Bertz CT molecular complexity index is 1030. The summed E-state index contributed by atoms with van der Waals surface area (Å²) < 4.78 is 5.34. The van der Waals surface area contributed by atoms with Gasteiger partial charge in [0, 0.05) is 6.42 Å². The van der Waals surface area contributed by atoms with Crippen LogP contribution >= 0.6 is 0 Å². The monoisotopic (exact) mass is 416 g/mol. The molecule has 0 radical (unpaired) electrons. The fraction of sp³-hybridized carbons (Fsp3) is 0.320. The van der Waals surface area contributed by atoms with Crippen LogP contribution in [0.2, 0.25) is 0 Å². The number of imide groups is 1. The number of allylic oxidation sites excluding steroid dienone is 2. The third-order valence-corrected chi connectivity index (χ3v) is 6.76. The normalized spacial score (nSPS) is 26.8. The molecule has 5 atom stereocenters. The van der Waals surface area contributed by atoms with E-state index in [2.05, 4.69) is 17.5 Å². The number of carbonyl (C=O) groups is 3. The van der Waals surface area contributed by atoms with Gasteiger partial charge in [-0.05, 0) is 36.0 Å². The standard InChI is InChI=1S/C25H24N2O4/c1-31-20-10-6-5-9-18(20)26-23(28)19(13-15-7-3-2-4-8-15)27-24(29)21-16-11-12-17(14-16)22(21)25(27)30/h2-12,16-17,19,21-22H,13-14H2,1H3,(H,26,28)/t16-,17-,19-,21-,22+/m0/s1. The lowest BCUT2D eigenvalue weighted by atomic mass is 9.85. The fourth-order valence-electron chi connectivity index (χ4n) is 5.34. The SMILES string of the molecule is COc1ccccc1NC(=O)[C@H](Cc1ccccc1)N1C(=O)[C@@H]2[C@H](C1=O)[C@H]1C=C[C@H]2C1. The van der Waals surface area contributed by atoms with Gasteiger partial charge >= 0.3 is 0 Å². The second-order valence-corrected chi connectivity index (χ2v) is 8.44. The van der Waals surface area contributed by atoms with Gasteiger partial charge in [0.05, 0.1) is 24.6 Å². The Balaban J connectivity index is 1.47. The molecule has 5 rings (SSSR count). The van der Waals surface area contributed by atoms with Crippen molar-refractivity contribution in [3.63, 3.8) is 0 Å². The molecule has 1 saturated heterocycles. The molecule has 6 heteroatoms. The molecular weight excluding hydrogens is 392 g/mol. The zero-order valence-electron chi connectivity index (χ0n) is 17.2. The highest BCUT2D eigenvalue weighted by molar-refractivity contribution is 6.11. The molecule has 31 heavy (non-hydrogen) atoms. The van der Waals surface area contributed by atoms with Crippen molar-refractivity contribution in [2.24, 2.45) is 23.7 Å². The van der Waals surface area contributed by atoms with Crippen molar-refractivity contribution in [1.29, 1.82) is 0 Å². The molecule has 0 aromatic heterocycles. The first-order valence-electron chi connectivity index (χ1n) is 10.6. The molecule has 2 aromatic rings. The molecule has 1 N–H and O–H groups in total. The van der Waals surface area contributed by atoms with Gasteiger partial charge < -0.3 is 10.1 Å². The fourth-order valence-corrected chi connectivity index (χ4v) is 5.34. The van der Waals surface area contributed by atoms with Crippen LogP contribution in [0.3, 0.4) is 0 Å². The van der Waals surface area contributed by atoms with Crippen LogP contribution in [0, 0.1) is 23.7 Å². The predicted octanol–water partition coefficient (Wildman–Crippen LogP) is 3.05. The van der Waals surface area contributed by atoms with E-state index >= 15 is 0 Å². The van der Waals surface area contributed by atoms with Gasteiger partial charge in [0.1, 0.15) is 11.8 Å². The highest BCUT2D eigenvalue weighted by Crippen LogP contribution is 2.53. The van der Waals surface area contributed by atoms with Crippen LogP contribution in [0.5, 0.6) is 5.75 Å². The Labute approximate surface area is 180 Å². The molecule has 2 aromatic carbocycles. The van der Waals surface area contributed by atoms with Crippen molar-refractivity contribution in [2.75, 3.05) is 12.4 Å². The molecule has 158 valence electrons. The first-order valence-corrected chi connectivity index (χ1v) is 10.6. The number of methoxy groups -OCH3 is 1. The van der Waals surface area contributed by atoms with Crippen molar-refractivity contribution >= 4 is 23.4 Å². The molecule has 3 aliphatic rings. The summed E-state index contributed by atoms with van der Waals surface area (Å²) in [5, 5.41) is 2.88. The Morgan fingerprint density at radius 3 is 2.26 bits per heavy atom. The second-order valence-electron chi connectivity index (χ2n) is 8.44. The minimum atomic E-state index is -0.919. The number of ether oxygens (including phenoxy) is 1. The molecule has 2 bridgehead atoms. The zero-order valence-corrected chi connectivity index (χ0v) is 17.2. The van der Waals surface area contributed by atoms with E-state index in [4.69, 9.17) is 4.74 Å². The predicted molar refractivity (Wildman–Crippen MR) is 115 cm³/mol. The maximum absolute atomic E-state index is 13.4. The number of hydrogen-bond acceptors (Lipinski definition) is 4. The average Bonchev–Trinajstić information content (AvgIpc) is 3.47. The molecule has 0 unspecified atom stereocenters. The number of carbonyl (C=O) groups excluding carboxylic acids is 3. The summed E-state index contributed by atoms with van der Waals surface area (Å²) in [7, 11) is 1.53. The van der Waals surface area contributed by atoms with Gasteiger partial charge in [-0.15, -0.1) is 0 Å². The largest absolute Gasteiger partial charge is 0.495 e. The maximum Gasteiger partial charge on any atom is 0.248 e. The molecule has 1 heterocycles. The number of likely N-dealkylation sites (tertiary alicyclic amines) is 1. The first-order chi connectivity index (χ1) is 15.1. The zero-order chi connectivity index (χ0) is 21.5. The highest BCUT2D eigenvalue weighted by atomic mass is 16.5. The van der Waals surface area contributed by atoms with E-state index in [9.17, 15) is 14.4 Å². The van der Waals surface area contributed by atoms with Gasteiger partial charge in [0.25, 0.3) is 0 Å².